The van der Waals surface area contributed by atoms with Gasteiger partial charge >= 0.3 is 16.2 Å². The fraction of sp³-hybridized carbons (Fsp3) is 0. The third-order valence-corrected chi connectivity index (χ3v) is 4.81. The largest absolute Gasteiger partial charge is 0.334 e. The van der Waals surface area contributed by atoms with Gasteiger partial charge in [0.2, 0.25) is 0 Å². The number of anilines is 2. The molecule has 2 aromatic rings. The molecule has 2 rings (SSSR count). The lowest BCUT2D eigenvalue weighted by Gasteiger charge is -2.13. The third kappa shape index (κ3) is 4.81. The molecule has 0 aromatic heterocycles. The van der Waals surface area contributed by atoms with Crippen LogP contribution in [0.1, 0.15) is 0 Å². The quantitative estimate of drug-likeness (QED) is 0.654. The molecule has 0 spiro atoms. The number of nitrogens with one attached hydrogen (secondary N) is 3. The van der Waals surface area contributed by atoms with E-state index in [9.17, 15) is 13.2 Å². The van der Waals surface area contributed by atoms with E-state index in [1.54, 1.807) is 16.9 Å². The average molecular weight is 429 g/mol. The number of rotatable bonds is 4. The Labute approximate surface area is 158 Å². The predicted molar refractivity (Wildman–Crippen MR) is 97.6 cm³/mol. The molecular formula is C13H9Cl4N3O3S. The van der Waals surface area contributed by atoms with Gasteiger partial charge in [-0.1, -0.05) is 58.5 Å². The molecule has 128 valence electrons. The second-order valence-electron chi connectivity index (χ2n) is 4.36. The van der Waals surface area contributed by atoms with Crippen LogP contribution in [0.5, 0.6) is 0 Å². The van der Waals surface area contributed by atoms with Crippen molar-refractivity contribution < 1.29 is 13.2 Å². The molecule has 6 nitrogen and oxygen atoms in total. The molecule has 0 fully saturated rings. The summed E-state index contributed by atoms with van der Waals surface area (Å²) in [7, 11) is -4.29. The highest BCUT2D eigenvalue weighted by atomic mass is 35.5. The van der Waals surface area contributed by atoms with Crippen LogP contribution in [-0.2, 0) is 10.2 Å². The summed E-state index contributed by atoms with van der Waals surface area (Å²) in [5, 5.41) is 2.69. The molecule has 2 aromatic carbocycles. The van der Waals surface area contributed by atoms with Crippen LogP contribution in [0.4, 0.5) is 16.2 Å². The Morgan fingerprint density at radius 1 is 0.792 bits per heavy atom. The average Bonchev–Trinajstić information content (AvgIpc) is 2.47. The summed E-state index contributed by atoms with van der Waals surface area (Å²) < 4.78 is 27.8. The lowest BCUT2D eigenvalue weighted by atomic mass is 10.3. The monoisotopic (exact) mass is 427 g/mol. The van der Waals surface area contributed by atoms with E-state index in [0.717, 1.165) is 0 Å². The number of hydrogen-bond acceptors (Lipinski definition) is 3. The molecule has 2 amide bonds. The van der Waals surface area contributed by atoms with Crippen LogP contribution in [0, 0.1) is 0 Å². The number of para-hydroxylation sites is 2. The summed E-state index contributed by atoms with van der Waals surface area (Å²) in [5.74, 6) is 0. The van der Waals surface area contributed by atoms with E-state index in [2.05, 4.69) is 10.0 Å². The van der Waals surface area contributed by atoms with Crippen molar-refractivity contribution in [3.8, 4) is 0 Å². The molecule has 0 bridgehead atoms. The van der Waals surface area contributed by atoms with Crippen LogP contribution in [0.15, 0.2) is 36.4 Å². The van der Waals surface area contributed by atoms with Crippen molar-refractivity contribution in [2.45, 2.75) is 0 Å². The summed E-state index contributed by atoms with van der Waals surface area (Å²) in [6.45, 7) is 0. The van der Waals surface area contributed by atoms with Gasteiger partial charge in [0.15, 0.2) is 0 Å². The molecular weight excluding hydrogens is 420 g/mol. The van der Waals surface area contributed by atoms with Crippen LogP contribution in [-0.4, -0.2) is 14.4 Å². The molecule has 0 aliphatic rings. The Morgan fingerprint density at radius 2 is 1.21 bits per heavy atom. The normalized spacial score (nSPS) is 11.0. The van der Waals surface area contributed by atoms with E-state index >= 15 is 0 Å². The first-order valence-corrected chi connectivity index (χ1v) is 9.18. The maximum atomic E-state index is 12.0. The zero-order valence-electron chi connectivity index (χ0n) is 11.6. The lowest BCUT2D eigenvalue weighted by molar-refractivity contribution is 0.256. The number of amides is 2. The molecule has 0 radical (unpaired) electrons. The highest BCUT2D eigenvalue weighted by molar-refractivity contribution is 7.91. The fourth-order valence-electron chi connectivity index (χ4n) is 1.63. The molecule has 24 heavy (non-hydrogen) atoms. The van der Waals surface area contributed by atoms with Gasteiger partial charge in [0.1, 0.15) is 0 Å². The molecule has 0 aliphatic heterocycles. The number of urea groups is 1. The zero-order chi connectivity index (χ0) is 17.9. The van der Waals surface area contributed by atoms with Crippen LogP contribution in [0.25, 0.3) is 0 Å². The van der Waals surface area contributed by atoms with Gasteiger partial charge in [-0.05, 0) is 24.3 Å². The maximum Gasteiger partial charge on any atom is 0.334 e. The molecule has 0 aliphatic carbocycles. The lowest BCUT2D eigenvalue weighted by Crippen LogP contribution is -2.38. The summed E-state index contributed by atoms with van der Waals surface area (Å²) in [6.07, 6.45) is 0. The Hall–Kier alpha value is -1.38. The second kappa shape index (κ2) is 7.67. The number of halogens is 4. The smallest absolute Gasteiger partial charge is 0.304 e. The molecule has 0 saturated heterocycles. The van der Waals surface area contributed by atoms with Gasteiger partial charge in [-0.25, -0.2) is 9.52 Å². The van der Waals surface area contributed by atoms with Crippen molar-refractivity contribution in [2.75, 3.05) is 10.0 Å². The van der Waals surface area contributed by atoms with E-state index in [-0.39, 0.29) is 31.5 Å². The van der Waals surface area contributed by atoms with Crippen molar-refractivity contribution in [2.24, 2.45) is 0 Å². The Morgan fingerprint density at radius 3 is 1.67 bits per heavy atom. The zero-order valence-corrected chi connectivity index (χ0v) is 15.4. The van der Waals surface area contributed by atoms with Crippen LogP contribution < -0.4 is 14.8 Å². The minimum absolute atomic E-state index is 0.0584. The highest BCUT2D eigenvalue weighted by Crippen LogP contribution is 2.31. The Balaban J connectivity index is 2.13. The van der Waals surface area contributed by atoms with E-state index in [0.29, 0.717) is 0 Å². The van der Waals surface area contributed by atoms with Gasteiger partial charge < -0.3 is 5.32 Å². The number of carbonyl (C=O) groups excluding carboxylic acids is 1. The Bertz CT molecular complexity index is 850. The third-order valence-electron chi connectivity index (χ3n) is 2.63. The number of benzene rings is 2. The maximum absolute atomic E-state index is 12.0. The van der Waals surface area contributed by atoms with E-state index in [4.69, 9.17) is 46.4 Å². The molecule has 0 atom stereocenters. The fourth-order valence-corrected chi connectivity index (χ4v) is 3.56. The van der Waals surface area contributed by atoms with Crippen molar-refractivity contribution >= 4 is 74.0 Å². The predicted octanol–water partition coefficient (Wildman–Crippen LogP) is 4.78. The Kier molecular flexibility index (Phi) is 6.06. The molecule has 0 heterocycles. The van der Waals surface area contributed by atoms with Crippen molar-refractivity contribution in [3.05, 3.63) is 56.5 Å². The van der Waals surface area contributed by atoms with Gasteiger partial charge in [0, 0.05) is 0 Å². The standard InChI is InChI=1S/C13H9Cl4N3O3S/c14-7-3-1-4-8(15)11(7)18-13(21)20-24(22,23)19-12-9(16)5-2-6-10(12)17/h1-6,19H,(H2,18,20,21). The van der Waals surface area contributed by atoms with Gasteiger partial charge in [0.25, 0.3) is 0 Å². The van der Waals surface area contributed by atoms with Crippen LogP contribution in [0.3, 0.4) is 0 Å². The van der Waals surface area contributed by atoms with Gasteiger partial charge in [-0.2, -0.15) is 8.42 Å². The topological polar surface area (TPSA) is 87.3 Å². The van der Waals surface area contributed by atoms with E-state index in [1.807, 2.05) is 0 Å². The molecule has 3 N–H and O–H groups in total. The first-order valence-electron chi connectivity index (χ1n) is 6.19. The first-order chi connectivity index (χ1) is 11.2. The van der Waals surface area contributed by atoms with Crippen molar-refractivity contribution in [1.82, 2.24) is 4.72 Å². The van der Waals surface area contributed by atoms with Crippen molar-refractivity contribution in [3.63, 3.8) is 0 Å². The molecule has 0 unspecified atom stereocenters. The highest BCUT2D eigenvalue weighted by Gasteiger charge is 2.19. The van der Waals surface area contributed by atoms with Crippen LogP contribution >= 0.6 is 46.4 Å². The van der Waals surface area contributed by atoms with Gasteiger partial charge in [-0.15, -0.1) is 0 Å². The minimum atomic E-state index is -4.29. The van der Waals surface area contributed by atoms with E-state index < -0.39 is 16.2 Å². The summed E-state index contributed by atoms with van der Waals surface area (Å²) in [4.78, 5) is 11.9. The van der Waals surface area contributed by atoms with Crippen molar-refractivity contribution in [1.29, 1.82) is 0 Å². The minimum Gasteiger partial charge on any atom is -0.304 e. The van der Waals surface area contributed by atoms with E-state index in [1.165, 1.54) is 24.3 Å². The molecule has 0 saturated carbocycles. The first kappa shape index (κ1) is 19.0. The number of hydrogen-bond donors (Lipinski definition) is 3. The SMILES string of the molecule is O=C(Nc1c(Cl)cccc1Cl)NS(=O)(=O)Nc1c(Cl)cccc1Cl. The summed E-state index contributed by atoms with van der Waals surface area (Å²) >= 11 is 23.5. The number of carbonyl (C=O) groups is 1. The second-order valence-corrected chi connectivity index (χ2v) is 7.40. The van der Waals surface area contributed by atoms with Crippen LogP contribution in [0.2, 0.25) is 20.1 Å². The molecule has 11 heteroatoms. The van der Waals surface area contributed by atoms with Gasteiger partial charge in [-0.3, -0.25) is 4.72 Å². The summed E-state index contributed by atoms with van der Waals surface area (Å²) in [5.41, 5.74) is 0.0150. The van der Waals surface area contributed by atoms with Gasteiger partial charge in [0.05, 0.1) is 31.5 Å². The summed E-state index contributed by atoms with van der Waals surface area (Å²) in [6, 6.07) is 7.90.